The van der Waals surface area contributed by atoms with E-state index in [1.165, 1.54) is 6.07 Å². The summed E-state index contributed by atoms with van der Waals surface area (Å²) in [4.78, 5) is 0. The molecular weight excluding hydrogens is 253 g/mol. The van der Waals surface area contributed by atoms with Gasteiger partial charge in [-0.05, 0) is 35.0 Å². The van der Waals surface area contributed by atoms with Crippen molar-refractivity contribution < 1.29 is 9.13 Å². The van der Waals surface area contributed by atoms with Gasteiger partial charge < -0.3 is 10.5 Å². The summed E-state index contributed by atoms with van der Waals surface area (Å²) in [5, 5.41) is 2.23. The van der Waals surface area contributed by atoms with Crippen LogP contribution in [-0.4, -0.2) is 0 Å². The number of ether oxygens (including phenoxy) is 1. The van der Waals surface area contributed by atoms with Gasteiger partial charge in [0.05, 0.1) is 0 Å². The summed E-state index contributed by atoms with van der Waals surface area (Å²) >= 11 is 0. The number of fused-ring (bicyclic) bond motifs is 1. The molecular formula is C17H14FNO. The summed E-state index contributed by atoms with van der Waals surface area (Å²) in [6.45, 7) is 0.122. The summed E-state index contributed by atoms with van der Waals surface area (Å²) in [5.41, 5.74) is 6.55. The number of anilines is 1. The van der Waals surface area contributed by atoms with E-state index in [0.29, 0.717) is 17.0 Å². The van der Waals surface area contributed by atoms with Gasteiger partial charge in [-0.2, -0.15) is 0 Å². The Labute approximate surface area is 116 Å². The molecule has 0 aliphatic carbocycles. The maximum atomic E-state index is 13.6. The van der Waals surface area contributed by atoms with Crippen LogP contribution in [0.4, 0.5) is 10.1 Å². The van der Waals surface area contributed by atoms with E-state index in [9.17, 15) is 4.39 Å². The zero-order chi connectivity index (χ0) is 13.9. The number of rotatable bonds is 3. The van der Waals surface area contributed by atoms with Gasteiger partial charge in [-0.1, -0.05) is 36.4 Å². The summed E-state index contributed by atoms with van der Waals surface area (Å²) < 4.78 is 19.3. The Morgan fingerprint density at radius 1 is 0.900 bits per heavy atom. The number of hydrogen-bond acceptors (Lipinski definition) is 2. The lowest BCUT2D eigenvalue weighted by Gasteiger charge is -2.10. The number of nitrogens with two attached hydrogens (primary N) is 1. The van der Waals surface area contributed by atoms with Crippen molar-refractivity contribution in [2.75, 3.05) is 5.73 Å². The molecule has 2 nitrogen and oxygen atoms in total. The highest BCUT2D eigenvalue weighted by atomic mass is 19.1. The molecule has 0 saturated carbocycles. The molecule has 2 N–H and O–H groups in total. The smallest absolute Gasteiger partial charge is 0.131 e. The highest BCUT2D eigenvalue weighted by Crippen LogP contribution is 2.23. The van der Waals surface area contributed by atoms with Crippen LogP contribution in [0, 0.1) is 5.82 Å². The molecule has 0 saturated heterocycles. The highest BCUT2D eigenvalue weighted by Gasteiger charge is 2.07. The summed E-state index contributed by atoms with van der Waals surface area (Å²) in [6, 6.07) is 18.4. The molecule has 3 rings (SSSR count). The fourth-order valence-corrected chi connectivity index (χ4v) is 2.14. The van der Waals surface area contributed by atoms with E-state index >= 15 is 0 Å². The molecule has 20 heavy (non-hydrogen) atoms. The summed E-state index contributed by atoms with van der Waals surface area (Å²) in [6.07, 6.45) is 0. The Hall–Kier alpha value is -2.55. The molecule has 0 aromatic heterocycles. The van der Waals surface area contributed by atoms with Crippen molar-refractivity contribution in [3.8, 4) is 5.75 Å². The first-order valence-electron chi connectivity index (χ1n) is 6.38. The molecule has 3 aromatic carbocycles. The fourth-order valence-electron chi connectivity index (χ4n) is 2.14. The van der Waals surface area contributed by atoms with Crippen LogP contribution in [0.15, 0.2) is 60.7 Å². The van der Waals surface area contributed by atoms with E-state index in [-0.39, 0.29) is 12.4 Å². The molecule has 0 radical (unpaired) electrons. The first-order valence-corrected chi connectivity index (χ1v) is 6.38. The maximum absolute atomic E-state index is 13.6. The van der Waals surface area contributed by atoms with Crippen LogP contribution < -0.4 is 10.5 Å². The Kier molecular flexibility index (Phi) is 3.25. The van der Waals surface area contributed by atoms with Gasteiger partial charge in [-0.15, -0.1) is 0 Å². The van der Waals surface area contributed by atoms with E-state index in [2.05, 4.69) is 0 Å². The van der Waals surface area contributed by atoms with E-state index in [1.54, 1.807) is 12.1 Å². The minimum absolute atomic E-state index is 0.122. The zero-order valence-electron chi connectivity index (χ0n) is 10.8. The number of benzene rings is 3. The van der Waals surface area contributed by atoms with Gasteiger partial charge in [-0.3, -0.25) is 0 Å². The Bertz CT molecular complexity index is 735. The molecule has 0 heterocycles. The normalized spacial score (nSPS) is 10.7. The van der Waals surface area contributed by atoms with Crippen LogP contribution in [0.25, 0.3) is 10.8 Å². The lowest BCUT2D eigenvalue weighted by atomic mass is 10.1. The van der Waals surface area contributed by atoms with E-state index in [4.69, 9.17) is 10.5 Å². The van der Waals surface area contributed by atoms with Crippen LogP contribution >= 0.6 is 0 Å². The van der Waals surface area contributed by atoms with Crippen LogP contribution in [0.1, 0.15) is 5.56 Å². The average molecular weight is 267 g/mol. The van der Waals surface area contributed by atoms with Gasteiger partial charge in [0.2, 0.25) is 0 Å². The topological polar surface area (TPSA) is 35.2 Å². The fraction of sp³-hybridized carbons (Fsp3) is 0.0588. The first-order chi connectivity index (χ1) is 9.74. The molecule has 0 bridgehead atoms. The maximum Gasteiger partial charge on any atom is 0.131 e. The lowest BCUT2D eigenvalue weighted by Crippen LogP contribution is -2.03. The molecule has 3 aromatic rings. The third kappa shape index (κ3) is 2.43. The van der Waals surface area contributed by atoms with Crippen molar-refractivity contribution in [3.63, 3.8) is 0 Å². The SMILES string of the molecule is Nc1cccc(F)c1COc1ccc2ccccc2c1. The van der Waals surface area contributed by atoms with Crippen LogP contribution in [0.2, 0.25) is 0 Å². The second-order valence-corrected chi connectivity index (χ2v) is 4.61. The first kappa shape index (κ1) is 12.5. The largest absolute Gasteiger partial charge is 0.489 e. The third-order valence-corrected chi connectivity index (χ3v) is 3.26. The van der Waals surface area contributed by atoms with Crippen molar-refractivity contribution in [1.29, 1.82) is 0 Å². The second kappa shape index (κ2) is 5.21. The van der Waals surface area contributed by atoms with Crippen molar-refractivity contribution >= 4 is 16.5 Å². The molecule has 0 amide bonds. The summed E-state index contributed by atoms with van der Waals surface area (Å²) in [5.74, 6) is 0.358. The van der Waals surface area contributed by atoms with E-state index < -0.39 is 0 Å². The van der Waals surface area contributed by atoms with Crippen LogP contribution in [0.5, 0.6) is 5.75 Å². The number of hydrogen-bond donors (Lipinski definition) is 1. The summed E-state index contributed by atoms with van der Waals surface area (Å²) in [7, 11) is 0. The standard InChI is InChI=1S/C17H14FNO/c18-16-6-3-7-17(19)15(16)11-20-14-9-8-12-4-1-2-5-13(12)10-14/h1-10H,11,19H2. The number of nitrogen functional groups attached to an aromatic ring is 1. The highest BCUT2D eigenvalue weighted by molar-refractivity contribution is 5.83. The van der Waals surface area contributed by atoms with Gasteiger partial charge >= 0.3 is 0 Å². The molecule has 0 fully saturated rings. The second-order valence-electron chi connectivity index (χ2n) is 4.61. The molecule has 0 spiro atoms. The van der Waals surface area contributed by atoms with E-state index in [0.717, 1.165) is 10.8 Å². The quantitative estimate of drug-likeness (QED) is 0.724. The predicted octanol–water partition coefficient (Wildman–Crippen LogP) is 4.14. The molecule has 0 aliphatic rings. The van der Waals surface area contributed by atoms with Crippen molar-refractivity contribution in [2.24, 2.45) is 0 Å². The average Bonchev–Trinajstić information content (AvgIpc) is 2.46. The molecule has 100 valence electrons. The predicted molar refractivity (Wildman–Crippen MR) is 79.1 cm³/mol. The van der Waals surface area contributed by atoms with Crippen LogP contribution in [-0.2, 0) is 6.61 Å². The van der Waals surface area contributed by atoms with Crippen molar-refractivity contribution in [2.45, 2.75) is 6.61 Å². The Morgan fingerprint density at radius 2 is 1.70 bits per heavy atom. The molecule has 0 atom stereocenters. The van der Waals surface area contributed by atoms with Crippen LogP contribution in [0.3, 0.4) is 0 Å². The van der Waals surface area contributed by atoms with Gasteiger partial charge in [-0.25, -0.2) is 4.39 Å². The van der Waals surface area contributed by atoms with Gasteiger partial charge in [0.25, 0.3) is 0 Å². The van der Waals surface area contributed by atoms with E-state index in [1.807, 2.05) is 42.5 Å². The monoisotopic (exact) mass is 267 g/mol. The van der Waals surface area contributed by atoms with Gasteiger partial charge in [0.1, 0.15) is 18.2 Å². The minimum Gasteiger partial charge on any atom is -0.489 e. The van der Waals surface area contributed by atoms with Gasteiger partial charge in [0, 0.05) is 11.3 Å². The van der Waals surface area contributed by atoms with Gasteiger partial charge in [0.15, 0.2) is 0 Å². The minimum atomic E-state index is -0.342. The molecule has 3 heteroatoms. The number of halogens is 1. The zero-order valence-corrected chi connectivity index (χ0v) is 10.8. The Balaban J connectivity index is 1.83. The van der Waals surface area contributed by atoms with Crippen molar-refractivity contribution in [3.05, 3.63) is 72.0 Å². The van der Waals surface area contributed by atoms with Crippen molar-refractivity contribution in [1.82, 2.24) is 0 Å². The molecule has 0 aliphatic heterocycles. The molecule has 0 unspecified atom stereocenters. The lowest BCUT2D eigenvalue weighted by molar-refractivity contribution is 0.301. The Morgan fingerprint density at radius 3 is 2.50 bits per heavy atom. The third-order valence-electron chi connectivity index (χ3n) is 3.26.